The van der Waals surface area contributed by atoms with Crippen LogP contribution in [0.1, 0.15) is 30.1 Å². The van der Waals surface area contributed by atoms with Gasteiger partial charge in [-0.15, -0.1) is 12.4 Å². The van der Waals surface area contributed by atoms with E-state index in [9.17, 15) is 9.59 Å². The zero-order valence-corrected chi connectivity index (χ0v) is 12.8. The molecule has 0 aliphatic carbocycles. The molecule has 0 bridgehead atoms. The van der Waals surface area contributed by atoms with Crippen molar-refractivity contribution in [2.24, 2.45) is 11.7 Å². The molecule has 1 heterocycles. The van der Waals surface area contributed by atoms with Crippen LogP contribution in [0.25, 0.3) is 0 Å². The minimum atomic E-state index is -0.542. The number of nitrogens with two attached hydrogens (primary N) is 1. The molecule has 0 saturated carbocycles. The summed E-state index contributed by atoms with van der Waals surface area (Å²) in [7, 11) is 0. The van der Waals surface area contributed by atoms with Gasteiger partial charge in [-0.1, -0.05) is 12.1 Å². The highest BCUT2D eigenvalue weighted by Gasteiger charge is 2.26. The Morgan fingerprint density at radius 2 is 2.00 bits per heavy atom. The molecule has 6 heteroatoms. The fraction of sp³-hybridized carbons (Fsp3) is 0.467. The van der Waals surface area contributed by atoms with Crippen molar-refractivity contribution < 1.29 is 14.3 Å². The SMILES string of the molecule is CC(=O)c1cccc(NC(=O)C(N)C2CCOCC2)c1.Cl. The fourth-order valence-electron chi connectivity index (χ4n) is 2.33. The van der Waals surface area contributed by atoms with E-state index < -0.39 is 6.04 Å². The summed E-state index contributed by atoms with van der Waals surface area (Å²) in [5.41, 5.74) is 7.18. The molecule has 1 amide bonds. The van der Waals surface area contributed by atoms with E-state index >= 15 is 0 Å². The number of hydrogen-bond donors (Lipinski definition) is 2. The highest BCUT2D eigenvalue weighted by molar-refractivity contribution is 5.98. The van der Waals surface area contributed by atoms with Gasteiger partial charge in [0.15, 0.2) is 5.78 Å². The van der Waals surface area contributed by atoms with E-state index in [-0.39, 0.29) is 30.0 Å². The van der Waals surface area contributed by atoms with Gasteiger partial charge in [-0.2, -0.15) is 0 Å². The monoisotopic (exact) mass is 312 g/mol. The lowest BCUT2D eigenvalue weighted by Crippen LogP contribution is -2.44. The van der Waals surface area contributed by atoms with Gasteiger partial charge in [0.05, 0.1) is 6.04 Å². The standard InChI is InChI=1S/C15H20N2O3.ClH/c1-10(18)12-3-2-4-13(9-12)17-15(19)14(16)11-5-7-20-8-6-11;/h2-4,9,11,14H,5-8,16H2,1H3,(H,17,19);1H. The number of halogens is 1. The fourth-order valence-corrected chi connectivity index (χ4v) is 2.33. The van der Waals surface area contributed by atoms with Crippen LogP contribution in [-0.4, -0.2) is 30.9 Å². The maximum absolute atomic E-state index is 12.1. The third-order valence-corrected chi connectivity index (χ3v) is 3.61. The smallest absolute Gasteiger partial charge is 0.241 e. The van der Waals surface area contributed by atoms with Crippen molar-refractivity contribution in [3.63, 3.8) is 0 Å². The van der Waals surface area contributed by atoms with Gasteiger partial charge < -0.3 is 15.8 Å². The molecule has 0 spiro atoms. The molecule has 1 aromatic rings. The van der Waals surface area contributed by atoms with E-state index in [4.69, 9.17) is 10.5 Å². The molecule has 5 nitrogen and oxygen atoms in total. The first-order valence-corrected chi connectivity index (χ1v) is 6.83. The van der Waals surface area contributed by atoms with Crippen LogP contribution in [0, 0.1) is 5.92 Å². The second-order valence-electron chi connectivity index (χ2n) is 5.10. The highest BCUT2D eigenvalue weighted by Crippen LogP contribution is 2.19. The summed E-state index contributed by atoms with van der Waals surface area (Å²) in [4.78, 5) is 23.4. The minimum Gasteiger partial charge on any atom is -0.381 e. The third-order valence-electron chi connectivity index (χ3n) is 3.61. The van der Waals surface area contributed by atoms with E-state index in [0.717, 1.165) is 12.8 Å². The molecule has 0 radical (unpaired) electrons. The Hall–Kier alpha value is -1.43. The van der Waals surface area contributed by atoms with E-state index in [2.05, 4.69) is 5.32 Å². The van der Waals surface area contributed by atoms with Crippen LogP contribution in [0.5, 0.6) is 0 Å². The van der Waals surface area contributed by atoms with Gasteiger partial charge in [0.1, 0.15) is 0 Å². The number of ether oxygens (including phenoxy) is 1. The first-order valence-electron chi connectivity index (χ1n) is 6.83. The maximum atomic E-state index is 12.1. The number of carbonyl (C=O) groups is 2. The number of nitrogens with one attached hydrogen (secondary N) is 1. The van der Waals surface area contributed by atoms with Gasteiger partial charge in [-0.3, -0.25) is 9.59 Å². The van der Waals surface area contributed by atoms with Crippen LogP contribution >= 0.6 is 12.4 Å². The average Bonchev–Trinajstić information content (AvgIpc) is 2.47. The lowest BCUT2D eigenvalue weighted by Gasteiger charge is -2.26. The van der Waals surface area contributed by atoms with Crippen molar-refractivity contribution in [3.05, 3.63) is 29.8 Å². The van der Waals surface area contributed by atoms with Crippen LogP contribution in [-0.2, 0) is 9.53 Å². The Labute approximate surface area is 130 Å². The van der Waals surface area contributed by atoms with Crippen molar-refractivity contribution >= 4 is 29.8 Å². The molecule has 1 saturated heterocycles. The third kappa shape index (κ3) is 4.81. The molecule has 1 aromatic carbocycles. The van der Waals surface area contributed by atoms with E-state index in [1.54, 1.807) is 24.3 Å². The molecule has 3 N–H and O–H groups in total. The number of ketones is 1. The number of rotatable bonds is 4. The Morgan fingerprint density at radius 1 is 1.33 bits per heavy atom. The maximum Gasteiger partial charge on any atom is 0.241 e. The van der Waals surface area contributed by atoms with E-state index in [1.165, 1.54) is 6.92 Å². The summed E-state index contributed by atoms with van der Waals surface area (Å²) >= 11 is 0. The molecule has 116 valence electrons. The first kappa shape index (κ1) is 17.6. The molecule has 1 aliphatic heterocycles. The normalized spacial score (nSPS) is 16.7. The largest absolute Gasteiger partial charge is 0.381 e. The number of carbonyl (C=O) groups excluding carboxylic acids is 2. The summed E-state index contributed by atoms with van der Waals surface area (Å²) in [6.45, 7) is 2.81. The summed E-state index contributed by atoms with van der Waals surface area (Å²) in [5.74, 6) is -0.0906. The molecule has 21 heavy (non-hydrogen) atoms. The Balaban J connectivity index is 0.00000220. The van der Waals surface area contributed by atoms with Crippen LogP contribution in [0.15, 0.2) is 24.3 Å². The molecule has 2 rings (SSSR count). The number of amides is 1. The predicted molar refractivity (Wildman–Crippen MR) is 83.8 cm³/mol. The van der Waals surface area contributed by atoms with Gasteiger partial charge >= 0.3 is 0 Å². The molecule has 1 fully saturated rings. The lowest BCUT2D eigenvalue weighted by molar-refractivity contribution is -0.119. The van der Waals surface area contributed by atoms with Gasteiger partial charge in [0.25, 0.3) is 0 Å². The van der Waals surface area contributed by atoms with Crippen molar-refractivity contribution in [1.82, 2.24) is 0 Å². The van der Waals surface area contributed by atoms with Gasteiger partial charge in [-0.05, 0) is 37.8 Å². The van der Waals surface area contributed by atoms with Crippen molar-refractivity contribution in [2.45, 2.75) is 25.8 Å². The quantitative estimate of drug-likeness (QED) is 0.833. The molecular weight excluding hydrogens is 292 g/mol. The summed E-state index contributed by atoms with van der Waals surface area (Å²) in [6, 6.07) is 6.33. The molecule has 1 aliphatic rings. The average molecular weight is 313 g/mol. The topological polar surface area (TPSA) is 81.4 Å². The summed E-state index contributed by atoms with van der Waals surface area (Å²) in [6.07, 6.45) is 1.62. The van der Waals surface area contributed by atoms with Crippen molar-refractivity contribution in [3.8, 4) is 0 Å². The number of Topliss-reactive ketones (excluding diaryl/α,β-unsaturated/α-hetero) is 1. The number of anilines is 1. The molecule has 1 atom stereocenters. The Bertz CT molecular complexity index is 501. The van der Waals surface area contributed by atoms with Gasteiger partial charge in [-0.25, -0.2) is 0 Å². The predicted octanol–water partition coefficient (Wildman–Crippen LogP) is 2.00. The summed E-state index contributed by atoms with van der Waals surface area (Å²) < 4.78 is 5.27. The first-order chi connectivity index (χ1) is 9.58. The lowest BCUT2D eigenvalue weighted by atomic mass is 9.92. The van der Waals surface area contributed by atoms with Gasteiger partial charge in [0, 0.05) is 24.5 Å². The zero-order valence-electron chi connectivity index (χ0n) is 12.0. The number of benzene rings is 1. The molecule has 1 unspecified atom stereocenters. The van der Waals surface area contributed by atoms with E-state index in [0.29, 0.717) is 24.5 Å². The minimum absolute atomic E-state index is 0. The van der Waals surface area contributed by atoms with Gasteiger partial charge in [0.2, 0.25) is 5.91 Å². The Kier molecular flexibility index (Phi) is 6.81. The van der Waals surface area contributed by atoms with Crippen LogP contribution in [0.2, 0.25) is 0 Å². The molecular formula is C15H21ClN2O3. The second-order valence-corrected chi connectivity index (χ2v) is 5.10. The second kappa shape index (κ2) is 8.12. The van der Waals surface area contributed by atoms with Crippen LogP contribution in [0.4, 0.5) is 5.69 Å². The van der Waals surface area contributed by atoms with Crippen LogP contribution < -0.4 is 11.1 Å². The van der Waals surface area contributed by atoms with E-state index in [1.807, 2.05) is 0 Å². The summed E-state index contributed by atoms with van der Waals surface area (Å²) in [5, 5.41) is 2.78. The van der Waals surface area contributed by atoms with Crippen molar-refractivity contribution in [2.75, 3.05) is 18.5 Å². The number of hydrogen-bond acceptors (Lipinski definition) is 4. The zero-order chi connectivity index (χ0) is 14.5. The van der Waals surface area contributed by atoms with Crippen molar-refractivity contribution in [1.29, 1.82) is 0 Å². The highest BCUT2D eigenvalue weighted by atomic mass is 35.5. The molecule has 0 aromatic heterocycles. The van der Waals surface area contributed by atoms with Crippen LogP contribution in [0.3, 0.4) is 0 Å². The Morgan fingerprint density at radius 3 is 2.62 bits per heavy atom.